The van der Waals surface area contributed by atoms with E-state index >= 15 is 0 Å². The minimum absolute atomic E-state index is 0.372. The predicted octanol–water partition coefficient (Wildman–Crippen LogP) is 4.37. The molecule has 1 aromatic carbocycles. The molecule has 1 heteroatoms. The van der Waals surface area contributed by atoms with E-state index in [0.717, 1.165) is 24.0 Å². The molecule has 96 valence electrons. The van der Waals surface area contributed by atoms with Gasteiger partial charge in [-0.1, -0.05) is 60.2 Å². The molecule has 0 bridgehead atoms. The van der Waals surface area contributed by atoms with Gasteiger partial charge in [0.05, 0.1) is 11.5 Å². The lowest BCUT2D eigenvalue weighted by molar-refractivity contribution is 0.507. The summed E-state index contributed by atoms with van der Waals surface area (Å²) in [7, 11) is 0. The highest BCUT2D eigenvalue weighted by atomic mass is 14.4. The first kappa shape index (κ1) is 13.4. The van der Waals surface area contributed by atoms with Crippen molar-refractivity contribution in [1.82, 2.24) is 0 Å². The highest BCUT2D eigenvalue weighted by molar-refractivity contribution is 5.43. The first-order valence-corrected chi connectivity index (χ1v) is 6.56. The lowest BCUT2D eigenvalue weighted by Crippen LogP contribution is -2.20. The van der Waals surface area contributed by atoms with Gasteiger partial charge in [0.2, 0.25) is 0 Å². The Bertz CT molecular complexity index is 571. The molecule has 1 aliphatic rings. The third-order valence-electron chi connectivity index (χ3n) is 3.80. The zero-order chi connectivity index (χ0) is 13.9. The Kier molecular flexibility index (Phi) is 3.71. The van der Waals surface area contributed by atoms with E-state index in [1.165, 1.54) is 11.1 Å². The molecule has 2 rings (SSSR count). The third kappa shape index (κ3) is 2.69. The molecule has 0 saturated heterocycles. The van der Waals surface area contributed by atoms with Crippen LogP contribution in [0.2, 0.25) is 0 Å². The molecule has 1 nitrogen and oxygen atoms in total. The monoisotopic (exact) mass is 249 g/mol. The van der Waals surface area contributed by atoms with Gasteiger partial charge >= 0.3 is 0 Å². The molecule has 0 N–H and O–H groups in total. The van der Waals surface area contributed by atoms with Crippen LogP contribution < -0.4 is 0 Å². The second-order valence-corrected chi connectivity index (χ2v) is 5.37. The maximum absolute atomic E-state index is 9.64. The van der Waals surface area contributed by atoms with Crippen molar-refractivity contribution in [2.75, 3.05) is 0 Å². The summed E-state index contributed by atoms with van der Waals surface area (Å²) < 4.78 is 0. The molecule has 1 aliphatic carbocycles. The molecule has 0 heterocycles. The molecular weight excluding hydrogens is 230 g/mol. The molecule has 0 aliphatic heterocycles. The van der Waals surface area contributed by atoms with Crippen LogP contribution in [-0.4, -0.2) is 0 Å². The summed E-state index contributed by atoms with van der Waals surface area (Å²) in [4.78, 5) is 0. The van der Waals surface area contributed by atoms with Crippen LogP contribution in [-0.2, 0) is 12.8 Å². The van der Waals surface area contributed by atoms with Gasteiger partial charge in [-0.2, -0.15) is 5.26 Å². The summed E-state index contributed by atoms with van der Waals surface area (Å²) in [6, 6.07) is 10.9. The smallest absolute Gasteiger partial charge is 0.0863 e. The van der Waals surface area contributed by atoms with E-state index in [0.29, 0.717) is 0 Å². The fourth-order valence-electron chi connectivity index (χ4n) is 2.58. The number of hydrogen-bond donors (Lipinski definition) is 0. The van der Waals surface area contributed by atoms with Gasteiger partial charge in [-0.25, -0.2) is 0 Å². The number of fused-ring (bicyclic) bond motifs is 1. The molecule has 19 heavy (non-hydrogen) atoms. The Morgan fingerprint density at radius 3 is 2.32 bits per heavy atom. The van der Waals surface area contributed by atoms with Crippen molar-refractivity contribution < 1.29 is 0 Å². The van der Waals surface area contributed by atoms with E-state index in [-0.39, 0.29) is 5.41 Å². The van der Waals surface area contributed by atoms with Gasteiger partial charge in [-0.15, -0.1) is 0 Å². The zero-order valence-corrected chi connectivity index (χ0v) is 11.6. The van der Waals surface area contributed by atoms with E-state index in [1.807, 2.05) is 37.3 Å². The summed E-state index contributed by atoms with van der Waals surface area (Å²) in [5, 5.41) is 9.64. The number of allylic oxidation sites excluding steroid dienone is 5. The summed E-state index contributed by atoms with van der Waals surface area (Å²) >= 11 is 0. The average Bonchev–Trinajstić information content (AvgIpc) is 2.78. The second-order valence-electron chi connectivity index (χ2n) is 5.37. The van der Waals surface area contributed by atoms with Crippen molar-refractivity contribution in [1.29, 1.82) is 5.26 Å². The number of hydrogen-bond acceptors (Lipinski definition) is 1. The van der Waals surface area contributed by atoms with Gasteiger partial charge in [0.1, 0.15) is 0 Å². The summed E-state index contributed by atoms with van der Waals surface area (Å²) in [5.41, 5.74) is 4.39. The maximum atomic E-state index is 9.64. The van der Waals surface area contributed by atoms with Crippen LogP contribution in [0.1, 0.15) is 25.0 Å². The van der Waals surface area contributed by atoms with E-state index in [2.05, 4.69) is 31.7 Å². The number of nitrogens with zero attached hydrogens (tertiary/aromatic N) is 1. The standard InChI is InChI=1S/C18H19N/c1-14(2)7-6-8-15(3)18(13-19)11-16-9-4-5-10-17(16)12-18/h4-10H,1,11-12H2,2-3H3/b7-6-,15-8+. The Labute approximate surface area is 115 Å². The summed E-state index contributed by atoms with van der Waals surface area (Å²) in [5.74, 6) is 0. The molecule has 0 atom stereocenters. The van der Waals surface area contributed by atoms with E-state index in [1.54, 1.807) is 0 Å². The average molecular weight is 249 g/mol. The van der Waals surface area contributed by atoms with Crippen molar-refractivity contribution in [3.63, 3.8) is 0 Å². The van der Waals surface area contributed by atoms with Gasteiger partial charge in [-0.3, -0.25) is 0 Å². The van der Waals surface area contributed by atoms with E-state index in [9.17, 15) is 5.26 Å². The van der Waals surface area contributed by atoms with Crippen LogP contribution in [0.4, 0.5) is 0 Å². The van der Waals surface area contributed by atoms with Crippen molar-refractivity contribution in [3.8, 4) is 6.07 Å². The molecule has 0 amide bonds. The normalized spacial score (nSPS) is 17.2. The molecule has 0 aromatic heterocycles. The van der Waals surface area contributed by atoms with Crippen molar-refractivity contribution in [3.05, 3.63) is 71.3 Å². The van der Waals surface area contributed by atoms with Gasteiger partial charge < -0.3 is 0 Å². The maximum Gasteiger partial charge on any atom is 0.0863 e. The highest BCUT2D eigenvalue weighted by Gasteiger charge is 2.38. The molecule has 0 radical (unpaired) electrons. The van der Waals surface area contributed by atoms with Gasteiger partial charge in [0, 0.05) is 0 Å². The van der Waals surface area contributed by atoms with Crippen LogP contribution in [0.5, 0.6) is 0 Å². The van der Waals surface area contributed by atoms with Gasteiger partial charge in [0.15, 0.2) is 0 Å². The minimum Gasteiger partial charge on any atom is -0.197 e. The lowest BCUT2D eigenvalue weighted by Gasteiger charge is -2.21. The summed E-state index contributed by atoms with van der Waals surface area (Å²) in [6.45, 7) is 7.86. The van der Waals surface area contributed by atoms with Gasteiger partial charge in [-0.05, 0) is 37.8 Å². The fraction of sp³-hybridized carbons (Fsp3) is 0.278. The van der Waals surface area contributed by atoms with Gasteiger partial charge in [0.25, 0.3) is 0 Å². The number of benzene rings is 1. The molecule has 0 unspecified atom stereocenters. The predicted molar refractivity (Wildman–Crippen MR) is 79.6 cm³/mol. The summed E-state index contributed by atoms with van der Waals surface area (Å²) in [6.07, 6.45) is 7.64. The third-order valence-corrected chi connectivity index (χ3v) is 3.80. The zero-order valence-electron chi connectivity index (χ0n) is 11.6. The molecule has 0 spiro atoms. The van der Waals surface area contributed by atoms with Crippen LogP contribution in [0.25, 0.3) is 0 Å². The van der Waals surface area contributed by atoms with E-state index < -0.39 is 0 Å². The molecule has 0 saturated carbocycles. The Hall–Kier alpha value is -2.07. The SMILES string of the molecule is C=C(C)/C=C\C=C(/C)C1(C#N)Cc2ccccc2C1. The first-order valence-electron chi connectivity index (χ1n) is 6.56. The molecular formula is C18H19N. The number of rotatable bonds is 3. The minimum atomic E-state index is -0.372. The second kappa shape index (κ2) is 5.28. The Balaban J connectivity index is 2.28. The van der Waals surface area contributed by atoms with Crippen LogP contribution in [0, 0.1) is 16.7 Å². The Morgan fingerprint density at radius 2 is 1.84 bits per heavy atom. The lowest BCUT2D eigenvalue weighted by atomic mass is 9.79. The molecule has 1 aromatic rings. The van der Waals surface area contributed by atoms with Crippen LogP contribution in [0.3, 0.4) is 0 Å². The van der Waals surface area contributed by atoms with E-state index in [4.69, 9.17) is 0 Å². The van der Waals surface area contributed by atoms with Crippen LogP contribution in [0.15, 0.2) is 60.2 Å². The van der Waals surface area contributed by atoms with Crippen molar-refractivity contribution in [2.45, 2.75) is 26.7 Å². The largest absolute Gasteiger partial charge is 0.197 e. The van der Waals surface area contributed by atoms with Crippen LogP contribution >= 0.6 is 0 Å². The topological polar surface area (TPSA) is 23.8 Å². The highest BCUT2D eigenvalue weighted by Crippen LogP contribution is 2.41. The number of nitriles is 1. The molecule has 0 fully saturated rings. The van der Waals surface area contributed by atoms with Crippen molar-refractivity contribution in [2.24, 2.45) is 5.41 Å². The first-order chi connectivity index (χ1) is 9.07. The quantitative estimate of drug-likeness (QED) is 0.729. The fourth-order valence-corrected chi connectivity index (χ4v) is 2.58. The Morgan fingerprint density at radius 1 is 1.26 bits per heavy atom. The van der Waals surface area contributed by atoms with Crippen molar-refractivity contribution >= 4 is 0 Å².